The quantitative estimate of drug-likeness (QED) is 0.458. The Balaban J connectivity index is -0.0000000174. The van der Waals surface area contributed by atoms with E-state index in [1.54, 1.807) is 7.11 Å². The van der Waals surface area contributed by atoms with Gasteiger partial charge in [-0.2, -0.15) is 0 Å². The van der Waals surface area contributed by atoms with Gasteiger partial charge in [0, 0.05) is 7.11 Å². The third kappa shape index (κ3) is 1580. The van der Waals surface area contributed by atoms with Gasteiger partial charge in [-0.05, 0) is 14.1 Å². The smallest absolute Gasteiger partial charge is 0.145 e. The van der Waals surface area contributed by atoms with Crippen molar-refractivity contribution in [3.63, 3.8) is 0 Å². The Morgan fingerprint density at radius 2 is 0.917 bits per heavy atom. The Hall–Kier alpha value is -0.643. The van der Waals surface area contributed by atoms with E-state index in [0.29, 0.717) is 0 Å². The van der Waals surface area contributed by atoms with Gasteiger partial charge in [0.2, 0.25) is 0 Å². The van der Waals surface area contributed by atoms with Crippen LogP contribution in [0.3, 0.4) is 0 Å². The van der Waals surface area contributed by atoms with Crippen molar-refractivity contribution in [2.75, 3.05) is 21.2 Å². The highest BCUT2D eigenvalue weighted by Gasteiger charge is 1.27. The minimum Gasteiger partial charge on any atom is -0.431 e. The van der Waals surface area contributed by atoms with Gasteiger partial charge in [0.25, 0.3) is 0 Å². The van der Waals surface area contributed by atoms with Crippen molar-refractivity contribution in [2.24, 2.45) is 0 Å². The number of hydrogen-bond donors (Lipinski definition) is 1. The van der Waals surface area contributed by atoms with E-state index in [0.717, 1.165) is 10.5 Å². The van der Waals surface area contributed by atoms with Crippen LogP contribution in [-0.2, 0) is 4.43 Å². The fraction of sp³-hybridized carbons (Fsp3) is 0.333. The molecule has 2 nitrogen and oxygen atoms in total. The maximum absolute atomic E-state index is 4.39. The van der Waals surface area contributed by atoms with Gasteiger partial charge in [-0.15, -0.1) is 39.5 Å². The Labute approximate surface area is 81.6 Å². The van der Waals surface area contributed by atoms with Gasteiger partial charge in [0.05, 0.1) is 0 Å². The molecule has 0 aromatic carbocycles. The Morgan fingerprint density at radius 1 is 0.917 bits per heavy atom. The highest BCUT2D eigenvalue weighted by Crippen LogP contribution is 1.24. The summed E-state index contributed by atoms with van der Waals surface area (Å²) in [6.07, 6.45) is 0. The molecule has 76 valence electrons. The number of hydrogen-bond acceptors (Lipinski definition) is 2. The normalized spacial score (nSPS) is 4.25. The predicted molar refractivity (Wildman–Crippen MR) is 65.7 cm³/mol. The van der Waals surface area contributed by atoms with Gasteiger partial charge in [0.15, 0.2) is 0 Å². The zero-order valence-electron chi connectivity index (χ0n) is 9.15. The number of rotatable bonds is 0. The van der Waals surface area contributed by atoms with Crippen LogP contribution < -0.4 is 5.32 Å². The molecule has 0 fully saturated rings. The third-order valence-electron chi connectivity index (χ3n) is 0. The van der Waals surface area contributed by atoms with Crippen molar-refractivity contribution in [1.29, 1.82) is 0 Å². The van der Waals surface area contributed by atoms with E-state index in [-0.39, 0.29) is 0 Å². The molecule has 0 unspecified atom stereocenters. The molecule has 0 aliphatic rings. The zero-order chi connectivity index (χ0) is 11.4. The van der Waals surface area contributed by atoms with Gasteiger partial charge < -0.3 is 9.74 Å². The molecule has 0 spiro atoms. The lowest BCUT2D eigenvalue weighted by Gasteiger charge is -1.61. The van der Waals surface area contributed by atoms with Crippen LogP contribution in [0.2, 0.25) is 0 Å². The molecule has 0 amide bonds. The Morgan fingerprint density at radius 3 is 0.917 bits per heavy atom. The van der Waals surface area contributed by atoms with Crippen molar-refractivity contribution >= 4 is 10.5 Å². The van der Waals surface area contributed by atoms with E-state index in [1.165, 1.54) is 0 Å². The molecule has 0 aromatic rings. The van der Waals surface area contributed by atoms with Crippen LogP contribution in [0, 0.1) is 0 Å². The molecule has 0 radical (unpaired) electrons. The molecule has 0 atom stereocenters. The monoisotopic (exact) mass is 191 g/mol. The first kappa shape index (κ1) is 30.1. The van der Waals surface area contributed by atoms with Crippen molar-refractivity contribution < 1.29 is 4.43 Å². The van der Waals surface area contributed by atoms with Crippen LogP contribution in [-0.4, -0.2) is 31.7 Å². The van der Waals surface area contributed by atoms with E-state index in [1.807, 2.05) is 14.1 Å². The average molecular weight is 191 g/mol. The summed E-state index contributed by atoms with van der Waals surface area (Å²) < 4.78 is 4.39. The van der Waals surface area contributed by atoms with Crippen molar-refractivity contribution in [2.45, 2.75) is 0 Å². The van der Waals surface area contributed by atoms with E-state index in [2.05, 4.69) is 49.2 Å². The van der Waals surface area contributed by atoms with Crippen molar-refractivity contribution in [1.82, 2.24) is 5.32 Å². The Bertz CT molecular complexity index is 31.0. The summed E-state index contributed by atoms with van der Waals surface area (Å²) in [5, 5.41) is 2.75. The van der Waals surface area contributed by atoms with E-state index in [4.69, 9.17) is 0 Å². The fourth-order valence-corrected chi connectivity index (χ4v) is 0. The summed E-state index contributed by atoms with van der Waals surface area (Å²) in [5.74, 6) is 0. The second-order valence-electron chi connectivity index (χ2n) is 0.908. The summed E-state index contributed by atoms with van der Waals surface area (Å²) >= 11 is 0. The predicted octanol–water partition coefficient (Wildman–Crippen LogP) is 1.16. The largest absolute Gasteiger partial charge is 0.431 e. The van der Waals surface area contributed by atoms with Crippen LogP contribution in [0.1, 0.15) is 0 Å². The molecule has 0 heterocycles. The summed E-state index contributed by atoms with van der Waals surface area (Å²) in [7, 11) is 6.31. The molecule has 12 heavy (non-hydrogen) atoms. The van der Waals surface area contributed by atoms with Gasteiger partial charge >= 0.3 is 0 Å². The van der Waals surface area contributed by atoms with Gasteiger partial charge in [0.1, 0.15) is 10.5 Å². The lowest BCUT2D eigenvalue weighted by molar-refractivity contribution is 0.460. The first-order valence-electron chi connectivity index (χ1n) is 3.32. The first-order chi connectivity index (χ1) is 5.83. The summed E-state index contributed by atoms with van der Waals surface area (Å²) in [6, 6.07) is 0. The summed E-state index contributed by atoms with van der Waals surface area (Å²) in [5.41, 5.74) is 0. The third-order valence-corrected chi connectivity index (χ3v) is 0. The molecule has 0 rings (SSSR count). The summed E-state index contributed by atoms with van der Waals surface area (Å²) in [4.78, 5) is 0. The lowest BCUT2D eigenvalue weighted by atomic mass is 11.3. The molecular weight excluding hydrogens is 166 g/mol. The molecule has 0 saturated heterocycles. The topological polar surface area (TPSA) is 21.3 Å². The molecule has 1 N–H and O–H groups in total. The van der Waals surface area contributed by atoms with Crippen LogP contribution >= 0.6 is 0 Å². The first-order valence-corrected chi connectivity index (χ1v) is 4.13. The van der Waals surface area contributed by atoms with E-state index < -0.39 is 0 Å². The minimum atomic E-state index is 0.869. The van der Waals surface area contributed by atoms with Gasteiger partial charge in [-0.3, -0.25) is 0 Å². The molecule has 0 aliphatic carbocycles. The van der Waals surface area contributed by atoms with Crippen LogP contribution in [0.5, 0.6) is 0 Å². The average Bonchev–Trinajstić information content (AvgIpc) is 2.16. The molecule has 0 aromatic heterocycles. The molecule has 0 bridgehead atoms. The van der Waals surface area contributed by atoms with Crippen LogP contribution in [0.15, 0.2) is 39.5 Å². The van der Waals surface area contributed by atoms with Crippen molar-refractivity contribution in [3.05, 3.63) is 39.5 Å². The Kier molecular flexibility index (Phi) is 1240. The molecule has 3 heteroatoms. The lowest BCUT2D eigenvalue weighted by Crippen LogP contribution is -1.89. The maximum Gasteiger partial charge on any atom is 0.145 e. The van der Waals surface area contributed by atoms with Crippen molar-refractivity contribution in [3.8, 4) is 0 Å². The van der Waals surface area contributed by atoms with Gasteiger partial charge in [-0.1, -0.05) is 0 Å². The van der Waals surface area contributed by atoms with Crippen LogP contribution in [0.25, 0.3) is 0 Å². The fourth-order valence-electron chi connectivity index (χ4n) is 0. The molecule has 0 saturated carbocycles. The number of nitrogens with one attached hydrogen (secondary N) is 1. The zero-order valence-corrected chi connectivity index (χ0v) is 11.2. The second-order valence-corrected chi connectivity index (χ2v) is 1.72. The highest BCUT2D eigenvalue weighted by molar-refractivity contribution is 5.97. The van der Waals surface area contributed by atoms with E-state index in [9.17, 15) is 0 Å². The molecule has 0 aliphatic heterocycles. The SMILES string of the molecule is C=C.C=C.C=C.CNC.CO[SiH3]. The standard InChI is InChI=1S/C2H7N.3C2H4.CH6OSi/c1-3-2;3*1-2;1-2-3/h3H,1-2H3;3*1-2H2;1,3H3. The maximum atomic E-state index is 4.39. The second kappa shape index (κ2) is 493. The van der Waals surface area contributed by atoms with Gasteiger partial charge in [-0.25, -0.2) is 0 Å². The highest BCUT2D eigenvalue weighted by atomic mass is 28.2. The summed E-state index contributed by atoms with van der Waals surface area (Å²) in [6.45, 7) is 18.0. The van der Waals surface area contributed by atoms with Crippen LogP contribution in [0.4, 0.5) is 0 Å². The van der Waals surface area contributed by atoms with E-state index >= 15 is 0 Å². The minimum absolute atomic E-state index is 0.869. The molecular formula is C9H25NOSi.